The zero-order chi connectivity index (χ0) is 20.8. The molecule has 2 saturated carbocycles. The molecule has 0 bridgehead atoms. The number of likely N-dealkylation sites (tertiary alicyclic amines) is 1. The highest BCUT2D eigenvalue weighted by atomic mass is 16.5. The molecule has 1 unspecified atom stereocenters. The van der Waals surface area contributed by atoms with Crippen LogP contribution in [0.25, 0.3) is 0 Å². The number of pyridine rings is 1. The summed E-state index contributed by atoms with van der Waals surface area (Å²) in [7, 11) is 1.78. The van der Waals surface area contributed by atoms with Crippen LogP contribution in [0.15, 0.2) is 23.3 Å². The van der Waals surface area contributed by atoms with Gasteiger partial charge in [-0.2, -0.15) is 0 Å². The Labute approximate surface area is 179 Å². The van der Waals surface area contributed by atoms with Crippen molar-refractivity contribution in [1.29, 1.82) is 0 Å². The molecule has 1 atom stereocenters. The summed E-state index contributed by atoms with van der Waals surface area (Å²) in [5.74, 6) is 2.08. The van der Waals surface area contributed by atoms with Gasteiger partial charge >= 0.3 is 0 Å². The van der Waals surface area contributed by atoms with E-state index >= 15 is 0 Å². The Morgan fingerprint density at radius 2 is 1.97 bits per heavy atom. The molecule has 3 aliphatic rings. The van der Waals surface area contributed by atoms with Crippen molar-refractivity contribution in [3.05, 3.63) is 23.9 Å². The maximum absolute atomic E-state index is 12.7. The molecule has 0 spiro atoms. The molecule has 2 N–H and O–H groups in total. The van der Waals surface area contributed by atoms with E-state index in [9.17, 15) is 4.79 Å². The molecular weight excluding hydrogens is 378 g/mol. The molecule has 1 aromatic rings. The predicted molar refractivity (Wildman–Crippen MR) is 117 cm³/mol. The van der Waals surface area contributed by atoms with Gasteiger partial charge in [-0.25, -0.2) is 4.98 Å². The molecule has 1 saturated heterocycles. The summed E-state index contributed by atoms with van der Waals surface area (Å²) in [5, 5.41) is 6.88. The highest BCUT2D eigenvalue weighted by Crippen LogP contribution is 2.28. The monoisotopic (exact) mass is 413 g/mol. The summed E-state index contributed by atoms with van der Waals surface area (Å²) in [6, 6.07) is 4.23. The second-order valence-electron chi connectivity index (χ2n) is 8.81. The molecule has 2 aliphatic carbocycles. The van der Waals surface area contributed by atoms with Gasteiger partial charge in [0.1, 0.15) is 6.10 Å². The van der Waals surface area contributed by atoms with Crippen molar-refractivity contribution in [2.24, 2.45) is 10.9 Å². The van der Waals surface area contributed by atoms with Crippen LogP contribution in [0.4, 0.5) is 0 Å². The van der Waals surface area contributed by atoms with Crippen LogP contribution in [0.1, 0.15) is 63.4 Å². The predicted octanol–water partition coefficient (Wildman–Crippen LogP) is 2.86. The first-order valence-corrected chi connectivity index (χ1v) is 11.6. The van der Waals surface area contributed by atoms with Crippen LogP contribution in [0.3, 0.4) is 0 Å². The fraction of sp³-hybridized carbons (Fsp3) is 0.696. The fourth-order valence-electron chi connectivity index (χ4n) is 4.90. The van der Waals surface area contributed by atoms with Gasteiger partial charge in [-0.05, 0) is 51.0 Å². The Kier molecular flexibility index (Phi) is 7.07. The molecule has 1 aromatic heterocycles. The first kappa shape index (κ1) is 20.9. The molecule has 0 radical (unpaired) electrons. The van der Waals surface area contributed by atoms with Crippen molar-refractivity contribution < 1.29 is 9.53 Å². The van der Waals surface area contributed by atoms with E-state index < -0.39 is 0 Å². The van der Waals surface area contributed by atoms with E-state index in [4.69, 9.17) is 4.74 Å². The number of aliphatic imine (C=N–C) groups is 1. The van der Waals surface area contributed by atoms with Crippen LogP contribution in [-0.2, 0) is 11.3 Å². The van der Waals surface area contributed by atoms with E-state index in [1.807, 2.05) is 11.0 Å². The van der Waals surface area contributed by atoms with Crippen LogP contribution >= 0.6 is 0 Å². The second kappa shape index (κ2) is 10.1. The normalized spacial score (nSPS) is 23.2. The van der Waals surface area contributed by atoms with Crippen molar-refractivity contribution in [2.45, 2.75) is 76.5 Å². The lowest BCUT2D eigenvalue weighted by atomic mass is 10.1. The molecule has 0 aromatic carbocycles. The maximum atomic E-state index is 12.7. The number of hydrogen-bond donors (Lipinski definition) is 2. The fourth-order valence-corrected chi connectivity index (χ4v) is 4.90. The van der Waals surface area contributed by atoms with Crippen LogP contribution in [0, 0.1) is 5.92 Å². The minimum Gasteiger partial charge on any atom is -0.474 e. The maximum Gasteiger partial charge on any atom is 0.225 e. The molecule has 164 valence electrons. The molecular formula is C23H35N5O2. The van der Waals surface area contributed by atoms with Gasteiger partial charge < -0.3 is 20.3 Å². The first-order chi connectivity index (χ1) is 14.7. The summed E-state index contributed by atoms with van der Waals surface area (Å²) in [4.78, 5) is 23.5. The van der Waals surface area contributed by atoms with Crippen molar-refractivity contribution in [2.75, 3.05) is 20.1 Å². The Hall–Kier alpha value is -2.31. The van der Waals surface area contributed by atoms with Gasteiger partial charge in [0.15, 0.2) is 5.96 Å². The zero-order valence-electron chi connectivity index (χ0n) is 18.1. The van der Waals surface area contributed by atoms with Crippen molar-refractivity contribution >= 4 is 11.9 Å². The van der Waals surface area contributed by atoms with E-state index in [0.29, 0.717) is 12.5 Å². The third-order valence-corrected chi connectivity index (χ3v) is 6.65. The number of nitrogens with one attached hydrogen (secondary N) is 2. The summed E-state index contributed by atoms with van der Waals surface area (Å²) >= 11 is 0. The Morgan fingerprint density at radius 1 is 1.20 bits per heavy atom. The largest absolute Gasteiger partial charge is 0.474 e. The minimum atomic E-state index is 0.240. The van der Waals surface area contributed by atoms with Crippen LogP contribution in [0.5, 0.6) is 5.88 Å². The molecule has 7 heteroatoms. The molecule has 7 nitrogen and oxygen atoms in total. The highest BCUT2D eigenvalue weighted by molar-refractivity contribution is 5.81. The Balaban J connectivity index is 1.27. The lowest BCUT2D eigenvalue weighted by molar-refractivity contribution is -0.134. The number of hydrogen-bond acceptors (Lipinski definition) is 4. The standard InChI is InChI=1S/C23H35N5O2/c1-24-23(27-19-12-14-28(16-19)22(29)17-7-2-3-8-17)26-15-18-9-6-13-25-21(18)30-20-10-4-5-11-20/h6,9,13,17,19-20H,2-5,7-8,10-12,14-16H2,1H3,(H2,24,26,27). The minimum absolute atomic E-state index is 0.240. The second-order valence-corrected chi connectivity index (χ2v) is 8.81. The number of aromatic nitrogens is 1. The van der Waals surface area contributed by atoms with Crippen molar-refractivity contribution in [1.82, 2.24) is 20.5 Å². The summed E-state index contributed by atoms with van der Waals surface area (Å²) in [6.45, 7) is 2.21. The number of ether oxygens (including phenoxy) is 1. The lowest BCUT2D eigenvalue weighted by Crippen LogP contribution is -2.45. The SMILES string of the molecule is CN=C(NCc1cccnc1OC1CCCC1)NC1CCN(C(=O)C2CCCC2)C1. The first-order valence-electron chi connectivity index (χ1n) is 11.6. The van der Waals surface area contributed by atoms with Gasteiger partial charge in [0.05, 0.1) is 0 Å². The average Bonchev–Trinajstić information content (AvgIpc) is 3.54. The third-order valence-electron chi connectivity index (χ3n) is 6.65. The summed E-state index contributed by atoms with van der Waals surface area (Å²) in [6.07, 6.45) is 12.3. The molecule has 3 fully saturated rings. The van der Waals surface area contributed by atoms with Gasteiger partial charge in [0.2, 0.25) is 11.8 Å². The molecule has 1 amide bonds. The molecule has 1 aliphatic heterocycles. The van der Waals surface area contributed by atoms with Crippen LogP contribution < -0.4 is 15.4 Å². The smallest absolute Gasteiger partial charge is 0.225 e. The number of nitrogens with zero attached hydrogens (tertiary/aromatic N) is 3. The number of carbonyl (C=O) groups is 1. The topological polar surface area (TPSA) is 78.9 Å². The molecule has 4 rings (SSSR count). The van der Waals surface area contributed by atoms with Gasteiger partial charge in [0, 0.05) is 50.4 Å². The van der Waals surface area contributed by atoms with E-state index in [1.54, 1.807) is 13.2 Å². The lowest BCUT2D eigenvalue weighted by Gasteiger charge is -2.22. The van der Waals surface area contributed by atoms with Gasteiger partial charge in [0.25, 0.3) is 0 Å². The molecule has 2 heterocycles. The van der Waals surface area contributed by atoms with Crippen molar-refractivity contribution in [3.8, 4) is 5.88 Å². The average molecular weight is 414 g/mol. The molecule has 30 heavy (non-hydrogen) atoms. The zero-order valence-corrected chi connectivity index (χ0v) is 18.1. The Bertz CT molecular complexity index is 741. The van der Waals surface area contributed by atoms with E-state index in [1.165, 1.54) is 25.7 Å². The quantitative estimate of drug-likeness (QED) is 0.554. The summed E-state index contributed by atoms with van der Waals surface area (Å²) in [5.41, 5.74) is 1.04. The van der Waals surface area contributed by atoms with E-state index in [0.717, 1.165) is 62.6 Å². The highest BCUT2D eigenvalue weighted by Gasteiger charge is 2.32. The number of amides is 1. The number of carbonyl (C=O) groups excluding carboxylic acids is 1. The number of rotatable bonds is 6. The van der Waals surface area contributed by atoms with Gasteiger partial charge in [-0.3, -0.25) is 9.79 Å². The van der Waals surface area contributed by atoms with Crippen LogP contribution in [-0.4, -0.2) is 54.0 Å². The number of guanidine groups is 1. The van der Waals surface area contributed by atoms with Crippen molar-refractivity contribution in [3.63, 3.8) is 0 Å². The summed E-state index contributed by atoms with van der Waals surface area (Å²) < 4.78 is 6.14. The van der Waals surface area contributed by atoms with Gasteiger partial charge in [-0.1, -0.05) is 18.9 Å². The Morgan fingerprint density at radius 3 is 2.73 bits per heavy atom. The van der Waals surface area contributed by atoms with E-state index in [-0.39, 0.29) is 18.1 Å². The van der Waals surface area contributed by atoms with Gasteiger partial charge in [-0.15, -0.1) is 0 Å². The third kappa shape index (κ3) is 5.24. The van der Waals surface area contributed by atoms with E-state index in [2.05, 4.69) is 26.7 Å². The van der Waals surface area contributed by atoms with Crippen LogP contribution in [0.2, 0.25) is 0 Å².